The third kappa shape index (κ3) is 3.83. The summed E-state index contributed by atoms with van der Waals surface area (Å²) in [4.78, 5) is 26.7. The maximum Gasteiger partial charge on any atom is 0.253 e. The van der Waals surface area contributed by atoms with Gasteiger partial charge in [0.05, 0.1) is 31.4 Å². The minimum absolute atomic E-state index is 0.137. The largest absolute Gasteiger partial charge is 0.497 e. The highest BCUT2D eigenvalue weighted by molar-refractivity contribution is 6.09. The zero-order valence-corrected chi connectivity index (χ0v) is 14.6. The highest BCUT2D eigenvalue weighted by atomic mass is 16.5. The Bertz CT molecular complexity index is 778. The zero-order chi connectivity index (χ0) is 17.8. The fourth-order valence-corrected chi connectivity index (χ4v) is 3.03. The normalized spacial score (nSPS) is 15.3. The van der Waals surface area contributed by atoms with Crippen LogP contribution in [0.15, 0.2) is 24.4 Å². The fraction of sp³-hybridized carbons (Fsp3) is 0.444. The van der Waals surface area contributed by atoms with Gasteiger partial charge >= 0.3 is 0 Å². The van der Waals surface area contributed by atoms with Gasteiger partial charge in [0.2, 0.25) is 5.91 Å². The van der Waals surface area contributed by atoms with Crippen molar-refractivity contribution in [3.8, 4) is 5.75 Å². The molecule has 1 aliphatic rings. The van der Waals surface area contributed by atoms with E-state index in [4.69, 9.17) is 9.47 Å². The Labute approximate surface area is 146 Å². The Morgan fingerprint density at radius 2 is 2.04 bits per heavy atom. The number of rotatable bonds is 5. The number of morpholine rings is 1. The molecule has 1 N–H and O–H groups in total. The number of carbonyl (C=O) groups excluding carboxylic acids is 2. The lowest BCUT2D eigenvalue weighted by Crippen LogP contribution is -2.41. The van der Waals surface area contributed by atoms with Crippen LogP contribution in [0.5, 0.6) is 5.75 Å². The van der Waals surface area contributed by atoms with Gasteiger partial charge in [-0.05, 0) is 18.2 Å². The molecule has 134 valence electrons. The van der Waals surface area contributed by atoms with Crippen molar-refractivity contribution in [1.29, 1.82) is 0 Å². The van der Waals surface area contributed by atoms with Crippen LogP contribution in [0, 0.1) is 0 Å². The predicted molar refractivity (Wildman–Crippen MR) is 94.4 cm³/mol. The molecule has 1 aromatic heterocycles. The molecule has 0 aliphatic carbocycles. The number of benzene rings is 1. The van der Waals surface area contributed by atoms with E-state index in [1.165, 1.54) is 11.5 Å². The van der Waals surface area contributed by atoms with Gasteiger partial charge < -0.3 is 14.8 Å². The van der Waals surface area contributed by atoms with Gasteiger partial charge in [-0.25, -0.2) is 0 Å². The Morgan fingerprint density at radius 1 is 1.28 bits per heavy atom. The molecule has 0 atom stereocenters. The van der Waals surface area contributed by atoms with Gasteiger partial charge in [-0.15, -0.1) is 0 Å². The summed E-state index contributed by atoms with van der Waals surface area (Å²) in [6.45, 7) is 6.05. The summed E-state index contributed by atoms with van der Waals surface area (Å²) in [5.74, 6) is 0.324. The fourth-order valence-electron chi connectivity index (χ4n) is 3.03. The second-order valence-corrected chi connectivity index (χ2v) is 6.02. The third-order valence-corrected chi connectivity index (χ3v) is 4.41. The standard InChI is InChI=1S/C18H23N3O4/c1-13(22)21-12-16(15-11-14(24-2)3-4-17(15)21)18(23)19-5-6-20-7-9-25-10-8-20/h3-4,11-12H,5-10H2,1-2H3,(H,19,23). The van der Waals surface area contributed by atoms with Crippen LogP contribution in [0.2, 0.25) is 0 Å². The SMILES string of the molecule is COc1ccc2c(c1)c(C(=O)NCCN1CCOCC1)cn2C(C)=O. The number of hydrogen-bond donors (Lipinski definition) is 1. The van der Waals surface area contributed by atoms with Crippen LogP contribution in [0.1, 0.15) is 22.1 Å². The smallest absolute Gasteiger partial charge is 0.253 e. The average Bonchev–Trinajstić information content (AvgIpc) is 3.01. The molecule has 7 nitrogen and oxygen atoms in total. The van der Waals surface area contributed by atoms with Crippen molar-refractivity contribution in [3.05, 3.63) is 30.0 Å². The van der Waals surface area contributed by atoms with Gasteiger partial charge in [-0.1, -0.05) is 0 Å². The second-order valence-electron chi connectivity index (χ2n) is 6.02. The minimum atomic E-state index is -0.188. The maximum absolute atomic E-state index is 12.6. The number of hydrogen-bond acceptors (Lipinski definition) is 5. The van der Waals surface area contributed by atoms with Crippen LogP contribution in [0.4, 0.5) is 0 Å². The molecule has 1 fully saturated rings. The summed E-state index contributed by atoms with van der Waals surface area (Å²) in [6, 6.07) is 5.35. The Hall–Kier alpha value is -2.38. The van der Waals surface area contributed by atoms with Crippen LogP contribution in [0.25, 0.3) is 10.9 Å². The number of methoxy groups -OCH3 is 1. The van der Waals surface area contributed by atoms with Crippen molar-refractivity contribution in [2.24, 2.45) is 0 Å². The molecule has 2 aromatic rings. The highest BCUT2D eigenvalue weighted by Gasteiger charge is 2.18. The summed E-state index contributed by atoms with van der Waals surface area (Å²) in [5.41, 5.74) is 1.18. The predicted octanol–water partition coefficient (Wildman–Crippen LogP) is 1.37. The van der Waals surface area contributed by atoms with E-state index in [1.54, 1.807) is 31.5 Å². The molecule has 1 amide bonds. The van der Waals surface area contributed by atoms with Gasteiger partial charge in [-0.3, -0.25) is 19.1 Å². The lowest BCUT2D eigenvalue weighted by atomic mass is 10.1. The Balaban J connectivity index is 1.76. The average molecular weight is 345 g/mol. The van der Waals surface area contributed by atoms with Crippen LogP contribution < -0.4 is 10.1 Å². The van der Waals surface area contributed by atoms with Crippen molar-refractivity contribution in [1.82, 2.24) is 14.8 Å². The molecule has 25 heavy (non-hydrogen) atoms. The first-order valence-electron chi connectivity index (χ1n) is 8.38. The molecule has 1 aliphatic heterocycles. The van der Waals surface area contributed by atoms with Crippen LogP contribution >= 0.6 is 0 Å². The summed E-state index contributed by atoms with van der Waals surface area (Å²) >= 11 is 0. The number of ether oxygens (including phenoxy) is 2. The monoisotopic (exact) mass is 345 g/mol. The molecular weight excluding hydrogens is 322 g/mol. The molecule has 2 heterocycles. The van der Waals surface area contributed by atoms with E-state index >= 15 is 0 Å². The molecular formula is C18H23N3O4. The van der Waals surface area contributed by atoms with Crippen LogP contribution in [-0.4, -0.2) is 67.8 Å². The van der Waals surface area contributed by atoms with E-state index < -0.39 is 0 Å². The van der Waals surface area contributed by atoms with E-state index in [-0.39, 0.29) is 11.8 Å². The molecule has 1 aromatic carbocycles. The third-order valence-electron chi connectivity index (χ3n) is 4.41. The summed E-state index contributed by atoms with van der Waals surface area (Å²) in [6.07, 6.45) is 1.59. The number of aromatic nitrogens is 1. The maximum atomic E-state index is 12.6. The second kappa shape index (κ2) is 7.67. The van der Waals surface area contributed by atoms with Crippen molar-refractivity contribution >= 4 is 22.7 Å². The summed E-state index contributed by atoms with van der Waals surface area (Å²) < 4.78 is 12.1. The molecule has 0 bridgehead atoms. The minimum Gasteiger partial charge on any atom is -0.497 e. The molecule has 3 rings (SSSR count). The van der Waals surface area contributed by atoms with E-state index in [0.717, 1.165) is 32.8 Å². The van der Waals surface area contributed by atoms with Crippen molar-refractivity contribution in [2.75, 3.05) is 46.5 Å². The first-order chi connectivity index (χ1) is 12.1. The number of fused-ring (bicyclic) bond motifs is 1. The van der Waals surface area contributed by atoms with Crippen molar-refractivity contribution in [2.45, 2.75) is 6.92 Å². The highest BCUT2D eigenvalue weighted by Crippen LogP contribution is 2.26. The molecule has 0 radical (unpaired) electrons. The van der Waals surface area contributed by atoms with Crippen molar-refractivity contribution in [3.63, 3.8) is 0 Å². The lowest BCUT2D eigenvalue weighted by Gasteiger charge is -2.26. The Morgan fingerprint density at radius 3 is 2.72 bits per heavy atom. The molecule has 0 unspecified atom stereocenters. The van der Waals surface area contributed by atoms with Crippen LogP contribution in [-0.2, 0) is 4.74 Å². The van der Waals surface area contributed by atoms with Gasteiger partial charge in [0.15, 0.2) is 0 Å². The number of carbonyl (C=O) groups is 2. The summed E-state index contributed by atoms with van der Waals surface area (Å²) in [5, 5.41) is 3.65. The van der Waals surface area contributed by atoms with Crippen molar-refractivity contribution < 1.29 is 19.1 Å². The zero-order valence-electron chi connectivity index (χ0n) is 14.6. The molecule has 1 saturated heterocycles. The van der Waals surface area contributed by atoms with Gasteiger partial charge in [-0.2, -0.15) is 0 Å². The quantitative estimate of drug-likeness (QED) is 0.886. The van der Waals surface area contributed by atoms with Gasteiger partial charge in [0.1, 0.15) is 5.75 Å². The summed E-state index contributed by atoms with van der Waals surface area (Å²) in [7, 11) is 1.57. The van der Waals surface area contributed by atoms with Gasteiger partial charge in [0, 0.05) is 44.7 Å². The number of nitrogens with zero attached hydrogens (tertiary/aromatic N) is 2. The van der Waals surface area contributed by atoms with Gasteiger partial charge in [0.25, 0.3) is 5.91 Å². The molecule has 0 saturated carbocycles. The van der Waals surface area contributed by atoms with Crippen LogP contribution in [0.3, 0.4) is 0 Å². The number of amides is 1. The number of nitrogens with one attached hydrogen (secondary N) is 1. The topological polar surface area (TPSA) is 72.8 Å². The molecule has 0 spiro atoms. The van der Waals surface area contributed by atoms with E-state index in [9.17, 15) is 9.59 Å². The first-order valence-corrected chi connectivity index (χ1v) is 8.38. The lowest BCUT2D eigenvalue weighted by molar-refractivity contribution is 0.0383. The van der Waals surface area contributed by atoms with E-state index in [2.05, 4.69) is 10.2 Å². The first kappa shape index (κ1) is 17.4. The van der Waals surface area contributed by atoms with E-state index in [1.807, 2.05) is 0 Å². The Kier molecular flexibility index (Phi) is 5.35. The van der Waals surface area contributed by atoms with E-state index in [0.29, 0.717) is 28.8 Å². The molecule has 7 heteroatoms.